The summed E-state index contributed by atoms with van der Waals surface area (Å²) in [7, 11) is 14.2. The first-order valence-corrected chi connectivity index (χ1v) is 12.7. The average Bonchev–Trinajstić information content (AvgIpc) is 3.48. The number of nitrogens with zero attached hydrogens (tertiary/aromatic N) is 1. The van der Waals surface area contributed by atoms with Gasteiger partial charge in [0.15, 0.2) is 34.5 Å². The Labute approximate surface area is 239 Å². The minimum absolute atomic E-state index is 0.361. The fourth-order valence-corrected chi connectivity index (χ4v) is 4.94. The van der Waals surface area contributed by atoms with Gasteiger partial charge in [-0.05, 0) is 47.5 Å². The lowest BCUT2D eigenvalue weighted by Crippen LogP contribution is -2.25. The molecular formula is C30H36N2O9. The third kappa shape index (κ3) is 5.39. The average molecular weight is 569 g/mol. The first kappa shape index (κ1) is 29.3. The molecule has 3 aromatic rings. The van der Waals surface area contributed by atoms with Crippen molar-refractivity contribution in [1.82, 2.24) is 5.32 Å². The van der Waals surface area contributed by atoms with Crippen LogP contribution in [0.25, 0.3) is 0 Å². The zero-order valence-corrected chi connectivity index (χ0v) is 24.7. The molecule has 0 radical (unpaired) electrons. The molecular weight excluding hydrogens is 532 g/mol. The predicted molar refractivity (Wildman–Crippen MR) is 153 cm³/mol. The van der Waals surface area contributed by atoms with Crippen molar-refractivity contribution in [3.05, 3.63) is 53.1 Å². The fourth-order valence-electron chi connectivity index (χ4n) is 4.94. The van der Waals surface area contributed by atoms with E-state index in [9.17, 15) is 0 Å². The highest BCUT2D eigenvalue weighted by atomic mass is 16.5. The van der Waals surface area contributed by atoms with E-state index in [4.69, 9.17) is 47.6 Å². The molecule has 1 heterocycles. The van der Waals surface area contributed by atoms with Gasteiger partial charge >= 0.3 is 0 Å². The molecule has 0 bridgehead atoms. The Morgan fingerprint density at radius 3 is 1.15 bits per heavy atom. The summed E-state index contributed by atoms with van der Waals surface area (Å²) in [5.74, 6) is 5.17. The number of benzene rings is 3. The lowest BCUT2D eigenvalue weighted by atomic mass is 9.93. The van der Waals surface area contributed by atoms with Gasteiger partial charge in [-0.2, -0.15) is 0 Å². The summed E-state index contributed by atoms with van der Waals surface area (Å²) in [4.78, 5) is 5.14. The minimum Gasteiger partial charge on any atom is -0.493 e. The lowest BCUT2D eigenvalue weighted by Gasteiger charge is -2.23. The highest BCUT2D eigenvalue weighted by Gasteiger charge is 2.35. The number of ether oxygens (including phenoxy) is 9. The van der Waals surface area contributed by atoms with Gasteiger partial charge in [0.25, 0.3) is 0 Å². The van der Waals surface area contributed by atoms with Crippen LogP contribution < -0.4 is 47.9 Å². The summed E-state index contributed by atoms with van der Waals surface area (Å²) >= 11 is 0. The van der Waals surface area contributed by atoms with E-state index in [2.05, 4.69) is 5.32 Å². The molecule has 1 N–H and O–H groups in total. The summed E-state index contributed by atoms with van der Waals surface area (Å²) in [5.41, 5.74) is 2.42. The molecule has 1 aliphatic heterocycles. The third-order valence-corrected chi connectivity index (χ3v) is 6.89. The molecule has 0 unspecified atom stereocenters. The quantitative estimate of drug-likeness (QED) is 0.333. The summed E-state index contributed by atoms with van der Waals surface area (Å²) in [6.45, 7) is 0. The van der Waals surface area contributed by atoms with Gasteiger partial charge in [0.2, 0.25) is 17.2 Å². The molecule has 220 valence electrons. The van der Waals surface area contributed by atoms with E-state index in [1.165, 1.54) is 0 Å². The van der Waals surface area contributed by atoms with Gasteiger partial charge in [0, 0.05) is 5.56 Å². The number of hydrogen-bond donors (Lipinski definition) is 1. The molecule has 11 nitrogen and oxygen atoms in total. The van der Waals surface area contributed by atoms with E-state index in [0.717, 1.165) is 16.7 Å². The summed E-state index contributed by atoms with van der Waals surface area (Å²) in [6.07, 6.45) is 0. The summed E-state index contributed by atoms with van der Waals surface area (Å²) in [6, 6.07) is 10.5. The van der Waals surface area contributed by atoms with Crippen LogP contribution in [0.15, 0.2) is 41.4 Å². The van der Waals surface area contributed by atoms with E-state index >= 15 is 0 Å². The van der Waals surface area contributed by atoms with Crippen LogP contribution in [0.5, 0.6) is 51.7 Å². The first-order chi connectivity index (χ1) is 19.9. The van der Waals surface area contributed by atoms with Gasteiger partial charge in [0.1, 0.15) is 11.9 Å². The number of amidine groups is 1. The Morgan fingerprint density at radius 1 is 0.463 bits per heavy atom. The molecule has 0 amide bonds. The van der Waals surface area contributed by atoms with Crippen molar-refractivity contribution in [2.24, 2.45) is 4.99 Å². The van der Waals surface area contributed by atoms with Gasteiger partial charge in [-0.15, -0.1) is 0 Å². The molecule has 11 heteroatoms. The highest BCUT2D eigenvalue weighted by Crippen LogP contribution is 2.48. The predicted octanol–water partition coefficient (Wildman–Crippen LogP) is 4.60. The molecule has 0 aliphatic carbocycles. The van der Waals surface area contributed by atoms with E-state index in [1.807, 2.05) is 36.4 Å². The summed E-state index contributed by atoms with van der Waals surface area (Å²) < 4.78 is 50.4. The van der Waals surface area contributed by atoms with E-state index in [0.29, 0.717) is 57.6 Å². The van der Waals surface area contributed by atoms with Gasteiger partial charge in [0.05, 0.1) is 70.0 Å². The van der Waals surface area contributed by atoms with Gasteiger partial charge in [-0.25, -0.2) is 0 Å². The Bertz CT molecular complexity index is 1350. The van der Waals surface area contributed by atoms with Crippen LogP contribution >= 0.6 is 0 Å². The monoisotopic (exact) mass is 568 g/mol. The largest absolute Gasteiger partial charge is 0.493 e. The van der Waals surface area contributed by atoms with Crippen LogP contribution in [-0.4, -0.2) is 69.8 Å². The number of hydrogen-bond acceptors (Lipinski definition) is 11. The summed E-state index contributed by atoms with van der Waals surface area (Å²) in [5, 5.41) is 3.59. The minimum atomic E-state index is -0.430. The smallest absolute Gasteiger partial charge is 0.203 e. The lowest BCUT2D eigenvalue weighted by molar-refractivity contribution is 0.322. The molecule has 0 saturated carbocycles. The Morgan fingerprint density at radius 2 is 0.805 bits per heavy atom. The maximum atomic E-state index is 5.65. The van der Waals surface area contributed by atoms with E-state index < -0.39 is 6.04 Å². The van der Waals surface area contributed by atoms with Crippen LogP contribution in [0.4, 0.5) is 0 Å². The van der Waals surface area contributed by atoms with Crippen molar-refractivity contribution in [2.45, 2.75) is 12.1 Å². The molecule has 4 rings (SSSR count). The Balaban J connectivity index is 1.93. The molecule has 0 spiro atoms. The third-order valence-electron chi connectivity index (χ3n) is 6.89. The molecule has 0 fully saturated rings. The van der Waals surface area contributed by atoms with Crippen molar-refractivity contribution in [3.8, 4) is 51.7 Å². The van der Waals surface area contributed by atoms with Gasteiger partial charge in [-0.1, -0.05) is 0 Å². The molecule has 41 heavy (non-hydrogen) atoms. The van der Waals surface area contributed by atoms with Crippen LogP contribution in [0, 0.1) is 0 Å². The Hall–Kier alpha value is -4.67. The molecule has 3 aromatic carbocycles. The maximum absolute atomic E-state index is 5.65. The number of aliphatic imine (C=N–C) groups is 1. The normalized spacial score (nSPS) is 15.8. The molecule has 1 aliphatic rings. The number of nitrogens with one attached hydrogen (secondary N) is 1. The van der Waals surface area contributed by atoms with Crippen LogP contribution in [0.3, 0.4) is 0 Å². The number of methoxy groups -OCH3 is 9. The topological polar surface area (TPSA) is 107 Å². The van der Waals surface area contributed by atoms with Crippen LogP contribution in [0.1, 0.15) is 28.8 Å². The zero-order valence-electron chi connectivity index (χ0n) is 24.7. The SMILES string of the molecule is COc1cc(C2=N[C@H](c3cc(OC)c(OC)c(OC)c3)[C@H](c3cc(OC)c(OC)c(OC)c3)N2)cc(OC)c1OC. The van der Waals surface area contributed by atoms with Crippen molar-refractivity contribution in [1.29, 1.82) is 0 Å². The highest BCUT2D eigenvalue weighted by molar-refractivity contribution is 6.01. The maximum Gasteiger partial charge on any atom is 0.203 e. The standard InChI is InChI=1S/C30H36N2O9/c1-33-19-10-16(11-20(34-2)27(19)39-7)25-26(17-12-21(35-3)28(40-8)22(13-17)36-4)32-30(31-25)18-14-23(37-5)29(41-9)24(15-18)38-6/h10-15,25-26H,1-9H3,(H,31,32)/t25-,26+. The van der Waals surface area contributed by atoms with Crippen molar-refractivity contribution in [3.63, 3.8) is 0 Å². The molecule has 2 atom stereocenters. The van der Waals surface area contributed by atoms with Crippen molar-refractivity contribution < 1.29 is 42.6 Å². The van der Waals surface area contributed by atoms with E-state index in [1.54, 1.807) is 64.0 Å². The molecule has 0 saturated heterocycles. The van der Waals surface area contributed by atoms with Crippen molar-refractivity contribution >= 4 is 5.84 Å². The molecule has 0 aromatic heterocycles. The number of rotatable bonds is 12. The second-order valence-electron chi connectivity index (χ2n) is 8.88. The first-order valence-electron chi connectivity index (χ1n) is 12.7. The fraction of sp³-hybridized carbons (Fsp3) is 0.367. The second kappa shape index (κ2) is 12.7. The van der Waals surface area contributed by atoms with Gasteiger partial charge < -0.3 is 47.9 Å². The zero-order chi connectivity index (χ0) is 29.7. The Kier molecular flexibility index (Phi) is 9.06. The van der Waals surface area contributed by atoms with E-state index in [-0.39, 0.29) is 6.04 Å². The second-order valence-corrected chi connectivity index (χ2v) is 8.88. The van der Waals surface area contributed by atoms with Crippen LogP contribution in [-0.2, 0) is 0 Å². The van der Waals surface area contributed by atoms with Crippen LogP contribution in [0.2, 0.25) is 0 Å². The van der Waals surface area contributed by atoms with Crippen molar-refractivity contribution in [2.75, 3.05) is 64.0 Å². The van der Waals surface area contributed by atoms with Gasteiger partial charge in [-0.3, -0.25) is 4.99 Å².